The quantitative estimate of drug-likeness (QED) is 0.306. The molecular weight excluding hydrogens is 472 g/mol. The molecule has 0 spiro atoms. The van der Waals surface area contributed by atoms with Crippen LogP contribution >= 0.6 is 0 Å². The van der Waals surface area contributed by atoms with Gasteiger partial charge in [0.1, 0.15) is 12.3 Å². The summed E-state index contributed by atoms with van der Waals surface area (Å²) in [5.74, 6) is 0.204. The molecule has 0 atom stereocenters. The van der Waals surface area contributed by atoms with Crippen LogP contribution in [-0.4, -0.2) is 20.9 Å². The third-order valence-electron chi connectivity index (χ3n) is 6.12. The Hall–Kier alpha value is -4.40. The van der Waals surface area contributed by atoms with Crippen LogP contribution in [0.4, 0.5) is 0 Å². The molecule has 2 aromatic carbocycles. The topological polar surface area (TPSA) is 115 Å². The van der Waals surface area contributed by atoms with Crippen molar-refractivity contribution in [3.63, 3.8) is 0 Å². The van der Waals surface area contributed by atoms with Crippen molar-refractivity contribution in [2.45, 2.75) is 52.4 Å². The van der Waals surface area contributed by atoms with Gasteiger partial charge < -0.3 is 15.1 Å². The SMILES string of the molecule is Cc1ccc(CNC(=O)Cn2c(=O)n(CCCCC(=O)NCc3ccco3)c(=O)c3ccccc32)cc1. The molecule has 0 fully saturated rings. The van der Waals surface area contributed by atoms with Crippen LogP contribution in [0.25, 0.3) is 10.9 Å². The molecule has 0 aliphatic carbocycles. The summed E-state index contributed by atoms with van der Waals surface area (Å²) in [7, 11) is 0. The van der Waals surface area contributed by atoms with Crippen LogP contribution in [0.5, 0.6) is 0 Å². The minimum atomic E-state index is -0.545. The zero-order valence-electron chi connectivity index (χ0n) is 20.7. The van der Waals surface area contributed by atoms with Crippen molar-refractivity contribution in [1.29, 1.82) is 0 Å². The fourth-order valence-corrected chi connectivity index (χ4v) is 4.07. The molecule has 0 aliphatic heterocycles. The number of aryl methyl sites for hydroxylation is 1. The zero-order valence-corrected chi connectivity index (χ0v) is 20.7. The predicted octanol–water partition coefficient (Wildman–Crippen LogP) is 2.87. The van der Waals surface area contributed by atoms with Gasteiger partial charge in [-0.3, -0.25) is 23.5 Å². The molecule has 9 nitrogen and oxygen atoms in total. The van der Waals surface area contributed by atoms with Crippen molar-refractivity contribution in [2.75, 3.05) is 0 Å². The highest BCUT2D eigenvalue weighted by Gasteiger charge is 2.15. The smallest absolute Gasteiger partial charge is 0.331 e. The maximum atomic E-state index is 13.3. The third-order valence-corrected chi connectivity index (χ3v) is 6.12. The molecule has 37 heavy (non-hydrogen) atoms. The number of nitrogens with zero attached hydrogens (tertiary/aromatic N) is 2. The van der Waals surface area contributed by atoms with Gasteiger partial charge in [-0.15, -0.1) is 0 Å². The van der Waals surface area contributed by atoms with Gasteiger partial charge in [-0.2, -0.15) is 0 Å². The Balaban J connectivity index is 1.41. The van der Waals surface area contributed by atoms with Gasteiger partial charge in [-0.05, 0) is 49.6 Å². The lowest BCUT2D eigenvalue weighted by atomic mass is 10.1. The highest BCUT2D eigenvalue weighted by molar-refractivity contribution is 5.81. The average Bonchev–Trinajstić information content (AvgIpc) is 3.43. The number of rotatable bonds is 11. The number of carbonyl (C=O) groups excluding carboxylic acids is 2. The van der Waals surface area contributed by atoms with Gasteiger partial charge in [0.2, 0.25) is 11.8 Å². The van der Waals surface area contributed by atoms with Crippen molar-refractivity contribution in [3.8, 4) is 0 Å². The molecule has 0 unspecified atom stereocenters. The largest absolute Gasteiger partial charge is 0.467 e. The van der Waals surface area contributed by atoms with E-state index in [9.17, 15) is 19.2 Å². The second kappa shape index (κ2) is 12.0. The number of para-hydroxylation sites is 1. The summed E-state index contributed by atoms with van der Waals surface area (Å²) >= 11 is 0. The molecule has 4 aromatic rings. The van der Waals surface area contributed by atoms with Gasteiger partial charge >= 0.3 is 5.69 Å². The number of hydrogen-bond acceptors (Lipinski definition) is 5. The lowest BCUT2D eigenvalue weighted by molar-refractivity contribution is -0.122. The molecule has 4 rings (SSSR count). The first-order valence-electron chi connectivity index (χ1n) is 12.3. The number of unbranched alkanes of at least 4 members (excludes halogenated alkanes) is 1. The van der Waals surface area contributed by atoms with E-state index < -0.39 is 11.2 Å². The highest BCUT2D eigenvalue weighted by Crippen LogP contribution is 2.09. The fourth-order valence-electron chi connectivity index (χ4n) is 4.07. The Labute approximate surface area is 213 Å². The molecule has 192 valence electrons. The Kier molecular flexibility index (Phi) is 8.35. The standard InChI is InChI=1S/C28H30N4O5/c1-20-11-13-21(14-12-20)17-29-26(34)19-32-24-9-3-2-8-23(24)27(35)31(28(32)36)15-5-4-10-25(33)30-18-22-7-6-16-37-22/h2-3,6-9,11-14,16H,4-5,10,15,17-19H2,1H3,(H,29,34)(H,30,33). The normalized spacial score (nSPS) is 10.9. The van der Waals surface area contributed by atoms with Crippen LogP contribution in [0.1, 0.15) is 36.1 Å². The van der Waals surface area contributed by atoms with E-state index >= 15 is 0 Å². The van der Waals surface area contributed by atoms with Crippen LogP contribution in [0.2, 0.25) is 0 Å². The summed E-state index contributed by atoms with van der Waals surface area (Å²) in [5, 5.41) is 5.98. The van der Waals surface area contributed by atoms with Crippen molar-refractivity contribution in [2.24, 2.45) is 0 Å². The lowest BCUT2D eigenvalue weighted by Gasteiger charge is -2.14. The molecular formula is C28H30N4O5. The zero-order chi connectivity index (χ0) is 26.2. The molecule has 0 saturated carbocycles. The van der Waals surface area contributed by atoms with Gasteiger partial charge in [-0.25, -0.2) is 4.79 Å². The number of aromatic nitrogens is 2. The van der Waals surface area contributed by atoms with Crippen molar-refractivity contribution >= 4 is 22.7 Å². The highest BCUT2D eigenvalue weighted by atomic mass is 16.3. The summed E-state index contributed by atoms with van der Waals surface area (Å²) < 4.78 is 7.67. The maximum Gasteiger partial charge on any atom is 0.331 e. The first kappa shape index (κ1) is 25.7. The number of fused-ring (bicyclic) bond motifs is 1. The Morgan fingerprint density at radius 2 is 1.59 bits per heavy atom. The second-order valence-electron chi connectivity index (χ2n) is 8.92. The number of nitrogens with one attached hydrogen (secondary N) is 2. The van der Waals surface area contributed by atoms with Gasteiger partial charge in [-0.1, -0.05) is 42.0 Å². The lowest BCUT2D eigenvalue weighted by Crippen LogP contribution is -2.42. The number of amides is 2. The van der Waals surface area contributed by atoms with E-state index in [1.54, 1.807) is 42.7 Å². The summed E-state index contributed by atoms with van der Waals surface area (Å²) in [5.41, 5.74) is 1.55. The van der Waals surface area contributed by atoms with Gasteiger partial charge in [0, 0.05) is 19.5 Å². The Morgan fingerprint density at radius 1 is 0.838 bits per heavy atom. The first-order valence-corrected chi connectivity index (χ1v) is 12.3. The molecule has 2 amide bonds. The average molecular weight is 503 g/mol. The number of hydrogen-bond donors (Lipinski definition) is 2. The minimum Gasteiger partial charge on any atom is -0.467 e. The van der Waals surface area contributed by atoms with E-state index in [-0.39, 0.29) is 31.3 Å². The molecule has 2 aromatic heterocycles. The van der Waals surface area contributed by atoms with E-state index in [0.717, 1.165) is 15.7 Å². The van der Waals surface area contributed by atoms with Gasteiger partial charge in [0.05, 0.1) is 23.7 Å². The van der Waals surface area contributed by atoms with E-state index in [0.29, 0.717) is 42.6 Å². The fraction of sp³-hybridized carbons (Fsp3) is 0.286. The summed E-state index contributed by atoms with van der Waals surface area (Å²) in [6.45, 7) is 2.59. The van der Waals surface area contributed by atoms with Crippen LogP contribution in [-0.2, 0) is 35.8 Å². The van der Waals surface area contributed by atoms with Crippen LogP contribution in [0.3, 0.4) is 0 Å². The Bertz CT molecular complexity index is 1480. The van der Waals surface area contributed by atoms with Crippen molar-refractivity contribution < 1.29 is 14.0 Å². The monoisotopic (exact) mass is 502 g/mol. The number of carbonyl (C=O) groups is 2. The molecule has 0 radical (unpaired) electrons. The maximum absolute atomic E-state index is 13.3. The summed E-state index contributed by atoms with van der Waals surface area (Å²) in [6, 6.07) is 18.1. The summed E-state index contributed by atoms with van der Waals surface area (Å²) in [4.78, 5) is 51.1. The summed E-state index contributed by atoms with van der Waals surface area (Å²) in [6.07, 6.45) is 2.77. The van der Waals surface area contributed by atoms with E-state index in [2.05, 4.69) is 10.6 Å². The van der Waals surface area contributed by atoms with Crippen LogP contribution in [0.15, 0.2) is 80.9 Å². The van der Waals surface area contributed by atoms with E-state index in [1.807, 2.05) is 31.2 Å². The molecule has 2 N–H and O–H groups in total. The second-order valence-corrected chi connectivity index (χ2v) is 8.92. The van der Waals surface area contributed by atoms with Crippen LogP contribution < -0.4 is 21.9 Å². The number of furan rings is 1. The van der Waals surface area contributed by atoms with Crippen LogP contribution in [0, 0.1) is 6.92 Å². The minimum absolute atomic E-state index is 0.134. The molecule has 9 heteroatoms. The molecule has 0 bridgehead atoms. The molecule has 2 heterocycles. The molecule has 0 aliphatic rings. The van der Waals surface area contributed by atoms with Crippen molar-refractivity contribution in [1.82, 2.24) is 19.8 Å². The van der Waals surface area contributed by atoms with Gasteiger partial charge in [0.15, 0.2) is 0 Å². The Morgan fingerprint density at radius 3 is 2.35 bits per heavy atom. The third kappa shape index (κ3) is 6.63. The van der Waals surface area contributed by atoms with E-state index in [1.165, 1.54) is 4.57 Å². The van der Waals surface area contributed by atoms with Crippen molar-refractivity contribution in [3.05, 3.63) is 105 Å². The van der Waals surface area contributed by atoms with Gasteiger partial charge in [0.25, 0.3) is 5.56 Å². The molecule has 0 saturated heterocycles. The van der Waals surface area contributed by atoms with E-state index in [4.69, 9.17) is 4.42 Å². The number of benzene rings is 2. The first-order chi connectivity index (χ1) is 17.9. The predicted molar refractivity (Wildman–Crippen MR) is 140 cm³/mol.